The molecule has 3 aromatic heterocycles. The average molecular weight is 1520 g/mol. The molecule has 0 saturated carbocycles. The van der Waals surface area contributed by atoms with E-state index in [0.717, 1.165) is 67.0 Å². The summed E-state index contributed by atoms with van der Waals surface area (Å²) < 4.78 is 7.67. The molecule has 0 N–H and O–H groups in total. The molecule has 0 aliphatic heterocycles. The lowest BCUT2D eigenvalue weighted by Gasteiger charge is -2.41. The largest absolute Gasteiger partial charge is 0.309 e. The maximum absolute atomic E-state index is 2.72. The van der Waals surface area contributed by atoms with Gasteiger partial charge in [0.15, 0.2) is 0 Å². The first kappa shape index (κ1) is 67.9. The average Bonchev–Trinajstić information content (AvgIpc) is 1.50. The lowest BCUT2D eigenvalue weighted by Crippen LogP contribution is -2.35. The first-order valence-electron chi connectivity index (χ1n) is 41.9. The lowest BCUT2D eigenvalue weighted by molar-refractivity contribution is 0.714. The van der Waals surface area contributed by atoms with Crippen molar-refractivity contribution in [2.45, 2.75) is 16.2 Å². The predicted octanol–water partition coefficient (Wildman–Crippen LogP) is 29.1. The highest BCUT2D eigenvalue weighted by Crippen LogP contribution is 2.66. The van der Waals surface area contributed by atoms with E-state index in [2.05, 4.69) is 469 Å². The number of rotatable bonds is 12. The van der Waals surface area contributed by atoms with Crippen LogP contribution in [0.2, 0.25) is 0 Å². The van der Waals surface area contributed by atoms with Gasteiger partial charge in [0.25, 0.3) is 0 Å². The number of hydrogen-bond acceptors (Lipinski definition) is 0. The number of fused-ring (bicyclic) bond motifs is 21. The van der Waals surface area contributed by atoms with E-state index in [9.17, 15) is 0 Å². The highest BCUT2D eigenvalue weighted by atomic mass is 15.0. The van der Waals surface area contributed by atoms with Crippen molar-refractivity contribution in [1.29, 1.82) is 0 Å². The monoisotopic (exact) mass is 1520 g/mol. The highest BCUT2D eigenvalue weighted by molar-refractivity contribution is 6.19. The van der Waals surface area contributed by atoms with Gasteiger partial charge < -0.3 is 13.7 Å². The molecule has 3 heteroatoms. The Hall–Kier alpha value is -15.4. The van der Waals surface area contributed by atoms with E-state index in [1.165, 1.54) is 149 Å². The van der Waals surface area contributed by atoms with E-state index in [4.69, 9.17) is 0 Å². The summed E-state index contributed by atoms with van der Waals surface area (Å²) in [6.07, 6.45) is 0. The van der Waals surface area contributed by atoms with Gasteiger partial charge in [-0.15, -0.1) is 0 Å². The third-order valence-electron chi connectivity index (χ3n) is 27.1. The van der Waals surface area contributed by atoms with Gasteiger partial charge in [0, 0.05) is 66.1 Å². The Morgan fingerprint density at radius 3 is 0.650 bits per heavy atom. The summed E-state index contributed by atoms with van der Waals surface area (Å²) in [5, 5.41) is 7.26. The molecule has 3 atom stereocenters. The molecule has 3 aliphatic carbocycles. The van der Waals surface area contributed by atoms with Crippen molar-refractivity contribution >= 4 is 65.4 Å². The molecule has 0 spiro atoms. The van der Waals surface area contributed by atoms with Crippen LogP contribution in [0.25, 0.3) is 149 Å². The second-order valence-electron chi connectivity index (χ2n) is 32.7. The zero-order valence-corrected chi connectivity index (χ0v) is 65.6. The molecule has 0 amide bonds. The maximum atomic E-state index is 2.72. The molecular weight excluding hydrogens is 1450 g/mol. The number of nitrogens with zero attached hydrogens (tertiary/aromatic N) is 3. The van der Waals surface area contributed by atoms with E-state index >= 15 is 0 Å². The third-order valence-corrected chi connectivity index (χ3v) is 27.1. The van der Waals surface area contributed by atoms with Crippen LogP contribution in [0.3, 0.4) is 0 Å². The molecule has 0 fully saturated rings. The van der Waals surface area contributed by atoms with Crippen LogP contribution in [-0.4, -0.2) is 13.7 Å². The Bertz CT molecular complexity index is 7140. The fourth-order valence-electron chi connectivity index (χ4n) is 22.3. The molecule has 3 aliphatic rings. The van der Waals surface area contributed by atoms with Gasteiger partial charge >= 0.3 is 0 Å². The molecule has 22 aromatic rings. The Morgan fingerprint density at radius 2 is 0.375 bits per heavy atom. The van der Waals surface area contributed by atoms with E-state index in [-0.39, 0.29) is 0 Å². The number of benzene rings is 19. The van der Waals surface area contributed by atoms with Crippen LogP contribution in [0, 0.1) is 0 Å². The van der Waals surface area contributed by atoms with Crippen molar-refractivity contribution in [3.63, 3.8) is 0 Å². The zero-order chi connectivity index (χ0) is 78.8. The summed E-state index contributed by atoms with van der Waals surface area (Å²) in [4.78, 5) is 0. The smallest absolute Gasteiger partial charge is 0.0714 e. The minimum atomic E-state index is -1.02. The van der Waals surface area contributed by atoms with E-state index in [1.807, 2.05) is 0 Å². The van der Waals surface area contributed by atoms with Crippen molar-refractivity contribution in [2.24, 2.45) is 0 Å². The molecule has 0 saturated heterocycles. The van der Waals surface area contributed by atoms with Gasteiger partial charge in [-0.2, -0.15) is 0 Å². The molecule has 3 heterocycles. The molecular formula is C117H75N3. The second kappa shape index (κ2) is 26.3. The van der Waals surface area contributed by atoms with Gasteiger partial charge in [0.05, 0.1) is 49.3 Å². The first-order valence-corrected chi connectivity index (χ1v) is 41.9. The van der Waals surface area contributed by atoms with Crippen LogP contribution in [0.4, 0.5) is 0 Å². The summed E-state index contributed by atoms with van der Waals surface area (Å²) in [6, 6.07) is 174. The highest BCUT2D eigenvalue weighted by Gasteiger charge is 2.55. The Labute approximate surface area is 696 Å². The topological polar surface area (TPSA) is 14.8 Å². The summed E-state index contributed by atoms with van der Waals surface area (Å²) in [6.45, 7) is 0. The molecule has 0 radical (unpaired) electrons. The van der Waals surface area contributed by atoms with E-state index in [0.29, 0.717) is 0 Å². The van der Waals surface area contributed by atoms with Gasteiger partial charge in [-0.25, -0.2) is 0 Å². The zero-order valence-electron chi connectivity index (χ0n) is 65.6. The van der Waals surface area contributed by atoms with Gasteiger partial charge in [0.1, 0.15) is 0 Å². The lowest BCUT2D eigenvalue weighted by atomic mass is 9.60. The summed E-state index contributed by atoms with van der Waals surface area (Å²) in [7, 11) is 0. The number of aromatic nitrogens is 3. The van der Waals surface area contributed by atoms with E-state index < -0.39 is 16.2 Å². The SMILES string of the molecule is c1ccc(-c2ccc(C3(c4cc(C5(c6ccc(-c7ccccc7)cc6)c6ccccc6-c6c5ccc5c7ccccc7n(-c7ccccc7)c65)cc(C5(c6ccc(-c7ccccc7)cc6)c6ccccc6-c6c5ccc5c7ccccc7n(-c7ccccc7)c65)c4)c4ccccc4-c4c3ccc3c5ccccc5n(-c5ccccc5)c43)cc2)cc1. The van der Waals surface area contributed by atoms with Crippen LogP contribution in [-0.2, 0) is 16.2 Å². The van der Waals surface area contributed by atoms with Gasteiger partial charge in [-0.05, 0) is 171 Å². The fourth-order valence-corrected chi connectivity index (χ4v) is 22.3. The molecule has 25 rings (SSSR count). The maximum Gasteiger partial charge on any atom is 0.0714 e. The van der Waals surface area contributed by atoms with Crippen LogP contribution in [0.15, 0.2) is 455 Å². The number of hydrogen-bond donors (Lipinski definition) is 0. The van der Waals surface area contributed by atoms with Crippen molar-refractivity contribution in [1.82, 2.24) is 13.7 Å². The minimum absolute atomic E-state index is 1.02. The minimum Gasteiger partial charge on any atom is -0.309 e. The molecule has 19 aromatic carbocycles. The quantitative estimate of drug-likeness (QED) is 0.116. The predicted molar refractivity (Wildman–Crippen MR) is 498 cm³/mol. The van der Waals surface area contributed by atoms with Gasteiger partial charge in [0.2, 0.25) is 0 Å². The van der Waals surface area contributed by atoms with Crippen molar-refractivity contribution in [3.05, 3.63) is 522 Å². The van der Waals surface area contributed by atoms with Crippen LogP contribution in [0.1, 0.15) is 66.8 Å². The Kier molecular flexibility index (Phi) is 14.9. The Morgan fingerprint density at radius 1 is 0.150 bits per heavy atom. The fraction of sp³-hybridized carbons (Fsp3) is 0.0256. The summed E-state index contributed by atoms with van der Waals surface area (Å²) >= 11 is 0. The van der Waals surface area contributed by atoms with Gasteiger partial charge in [-0.3, -0.25) is 0 Å². The summed E-state index contributed by atoms with van der Waals surface area (Å²) in [5.74, 6) is 0. The second-order valence-corrected chi connectivity index (χ2v) is 32.7. The van der Waals surface area contributed by atoms with Crippen molar-refractivity contribution in [3.8, 4) is 83.8 Å². The van der Waals surface area contributed by atoms with Crippen LogP contribution < -0.4 is 0 Å². The van der Waals surface area contributed by atoms with E-state index in [1.54, 1.807) is 0 Å². The molecule has 0 bridgehead atoms. The molecule has 3 unspecified atom stereocenters. The van der Waals surface area contributed by atoms with Crippen molar-refractivity contribution in [2.75, 3.05) is 0 Å². The van der Waals surface area contributed by atoms with Crippen LogP contribution in [0.5, 0.6) is 0 Å². The van der Waals surface area contributed by atoms with Crippen LogP contribution >= 0.6 is 0 Å². The Balaban J connectivity index is 0.900. The molecule has 120 heavy (non-hydrogen) atoms. The normalized spacial score (nSPS) is 16.1. The van der Waals surface area contributed by atoms with Gasteiger partial charge in [-0.1, -0.05) is 400 Å². The standard InChI is InChI=1S/C117H75N3/c1-7-31-76(32-8-1)79-55-61-82(62-56-79)115(100-49-25-19-46-97(100)109-103(115)70-67-94-91-43-22-28-52-106(91)118(112(94)109)88-37-13-4-14-38-88)85-73-86(116(83-63-57-80(58-64-83)77-33-9-2-10-34-77)101-50-26-20-47-98(101)110-104(116)71-68-95-92-44-23-29-53-107(92)119(113(95)110)89-39-15-5-16-40-89)75-87(74-85)117(84-65-59-81(60-66-84)78-35-11-3-12-36-78)102-51-27-21-48-99(102)111-105(117)72-69-96-93-45-24-30-54-108(93)120(114(96)111)90-41-17-6-18-42-90/h1-75H. The number of para-hydroxylation sites is 6. The molecule has 558 valence electrons. The van der Waals surface area contributed by atoms with Crippen molar-refractivity contribution < 1.29 is 0 Å². The summed E-state index contributed by atoms with van der Waals surface area (Å²) in [5.41, 5.74) is 35.9. The molecule has 3 nitrogen and oxygen atoms in total. The first-order chi connectivity index (χ1) is 59.6. The third kappa shape index (κ3) is 9.40.